The predicted molar refractivity (Wildman–Crippen MR) is 86.8 cm³/mol. The number of hydrogen-bond acceptors (Lipinski definition) is 4. The van der Waals surface area contributed by atoms with Crippen molar-refractivity contribution in [2.45, 2.75) is 13.5 Å². The third-order valence-corrected chi connectivity index (χ3v) is 4.44. The number of benzene rings is 1. The Labute approximate surface area is 135 Å². The fourth-order valence-electron chi connectivity index (χ4n) is 2.29. The summed E-state index contributed by atoms with van der Waals surface area (Å²) >= 11 is 9.77. The molecule has 0 amide bonds. The van der Waals surface area contributed by atoms with Crippen LogP contribution in [0.1, 0.15) is 11.1 Å². The molecule has 0 aliphatic heterocycles. The van der Waals surface area contributed by atoms with E-state index in [9.17, 15) is 0 Å². The molecule has 0 unspecified atom stereocenters. The van der Waals surface area contributed by atoms with Crippen molar-refractivity contribution in [3.63, 3.8) is 0 Å². The van der Waals surface area contributed by atoms with Crippen LogP contribution in [0.15, 0.2) is 35.1 Å². The lowest BCUT2D eigenvalue weighted by Gasteiger charge is -2.22. The van der Waals surface area contributed by atoms with Crippen LogP contribution in [0.25, 0.3) is 5.78 Å². The average Bonchev–Trinajstić information content (AvgIpc) is 2.90. The highest BCUT2D eigenvalue weighted by Crippen LogP contribution is 2.27. The minimum atomic E-state index is 0.449. The quantitative estimate of drug-likeness (QED) is 0.666. The summed E-state index contributed by atoms with van der Waals surface area (Å²) in [6.07, 6.45) is 1.48. The number of aromatic nitrogens is 4. The van der Waals surface area contributed by atoms with Crippen molar-refractivity contribution in [2.75, 3.05) is 11.9 Å². The Kier molecular flexibility index (Phi) is 3.82. The lowest BCUT2D eigenvalue weighted by atomic mass is 10.2. The van der Waals surface area contributed by atoms with Gasteiger partial charge in [0.1, 0.15) is 17.3 Å². The lowest BCUT2D eigenvalue weighted by molar-refractivity contribution is 0.821. The van der Waals surface area contributed by atoms with Crippen LogP contribution in [-0.4, -0.2) is 26.6 Å². The summed E-state index contributed by atoms with van der Waals surface area (Å²) in [5.74, 6) is 1.39. The third-order valence-electron chi connectivity index (χ3n) is 3.30. The average molecular weight is 367 g/mol. The minimum Gasteiger partial charge on any atom is -0.355 e. The van der Waals surface area contributed by atoms with Crippen molar-refractivity contribution in [3.05, 3.63) is 51.3 Å². The van der Waals surface area contributed by atoms with Crippen molar-refractivity contribution < 1.29 is 0 Å². The SMILES string of the molecule is Cc1c(Cl)nc2ncnn2c1N(C)Cc1ccccc1Br. The predicted octanol–water partition coefficient (Wildman–Crippen LogP) is 3.49. The molecule has 108 valence electrons. The van der Waals surface area contributed by atoms with E-state index in [0.717, 1.165) is 22.4 Å². The maximum atomic E-state index is 6.20. The molecule has 0 bridgehead atoms. The first kappa shape index (κ1) is 14.3. The Bertz CT molecular complexity index is 801. The maximum Gasteiger partial charge on any atom is 0.255 e. The van der Waals surface area contributed by atoms with E-state index in [1.54, 1.807) is 4.52 Å². The van der Waals surface area contributed by atoms with Gasteiger partial charge in [0.15, 0.2) is 0 Å². The summed E-state index contributed by atoms with van der Waals surface area (Å²) in [6.45, 7) is 2.65. The molecule has 0 saturated heterocycles. The topological polar surface area (TPSA) is 46.3 Å². The van der Waals surface area contributed by atoms with E-state index in [2.05, 4.69) is 42.0 Å². The smallest absolute Gasteiger partial charge is 0.255 e. The van der Waals surface area contributed by atoms with E-state index in [0.29, 0.717) is 10.9 Å². The van der Waals surface area contributed by atoms with Gasteiger partial charge in [0.25, 0.3) is 5.78 Å². The van der Waals surface area contributed by atoms with Gasteiger partial charge in [-0.1, -0.05) is 45.7 Å². The fraction of sp³-hybridized carbons (Fsp3) is 0.214. The first-order valence-corrected chi connectivity index (χ1v) is 7.55. The second kappa shape index (κ2) is 5.61. The largest absolute Gasteiger partial charge is 0.355 e. The van der Waals surface area contributed by atoms with E-state index in [1.807, 2.05) is 32.2 Å². The van der Waals surface area contributed by atoms with E-state index in [-0.39, 0.29) is 0 Å². The van der Waals surface area contributed by atoms with Crippen molar-refractivity contribution >= 4 is 39.1 Å². The van der Waals surface area contributed by atoms with Crippen LogP contribution in [0.3, 0.4) is 0 Å². The summed E-state index contributed by atoms with van der Waals surface area (Å²) in [7, 11) is 2.00. The molecule has 3 aromatic rings. The molecule has 0 aliphatic rings. The summed E-state index contributed by atoms with van der Waals surface area (Å²) in [4.78, 5) is 10.4. The highest BCUT2D eigenvalue weighted by molar-refractivity contribution is 9.10. The maximum absolute atomic E-state index is 6.20. The van der Waals surface area contributed by atoms with Gasteiger partial charge in [0, 0.05) is 23.6 Å². The first-order chi connectivity index (χ1) is 10.1. The summed E-state index contributed by atoms with van der Waals surface area (Å²) < 4.78 is 2.78. The second-order valence-electron chi connectivity index (χ2n) is 4.77. The molecule has 0 atom stereocenters. The molecule has 2 heterocycles. The van der Waals surface area contributed by atoms with Crippen LogP contribution < -0.4 is 4.90 Å². The van der Waals surface area contributed by atoms with Crippen LogP contribution in [0.4, 0.5) is 5.82 Å². The number of fused-ring (bicyclic) bond motifs is 1. The van der Waals surface area contributed by atoms with Gasteiger partial charge in [-0.15, -0.1) is 0 Å². The molecule has 0 N–H and O–H groups in total. The zero-order valence-corrected chi connectivity index (χ0v) is 13.9. The van der Waals surface area contributed by atoms with Gasteiger partial charge in [-0.3, -0.25) is 0 Å². The van der Waals surface area contributed by atoms with Gasteiger partial charge in [-0.05, 0) is 18.6 Å². The highest BCUT2D eigenvalue weighted by atomic mass is 79.9. The molecule has 0 fully saturated rings. The molecule has 3 rings (SSSR count). The summed E-state index contributed by atoms with van der Waals surface area (Å²) in [6, 6.07) is 8.13. The molecule has 5 nitrogen and oxygen atoms in total. The number of nitrogens with zero attached hydrogens (tertiary/aromatic N) is 5. The molecule has 0 radical (unpaired) electrons. The molecule has 21 heavy (non-hydrogen) atoms. The van der Waals surface area contributed by atoms with E-state index >= 15 is 0 Å². The second-order valence-corrected chi connectivity index (χ2v) is 5.98. The van der Waals surface area contributed by atoms with Gasteiger partial charge in [-0.2, -0.15) is 19.6 Å². The van der Waals surface area contributed by atoms with Gasteiger partial charge in [0.05, 0.1) is 0 Å². The minimum absolute atomic E-state index is 0.449. The fourth-order valence-corrected chi connectivity index (χ4v) is 2.86. The van der Waals surface area contributed by atoms with Crippen LogP contribution in [-0.2, 0) is 6.54 Å². The molecule has 2 aromatic heterocycles. The molecule has 7 heteroatoms. The van der Waals surface area contributed by atoms with Crippen molar-refractivity contribution in [3.8, 4) is 0 Å². The molecule has 0 aliphatic carbocycles. The van der Waals surface area contributed by atoms with Crippen LogP contribution in [0.2, 0.25) is 5.15 Å². The summed E-state index contributed by atoms with van der Waals surface area (Å²) in [5.41, 5.74) is 2.06. The Morgan fingerprint density at radius 1 is 1.33 bits per heavy atom. The van der Waals surface area contributed by atoms with Gasteiger partial charge in [-0.25, -0.2) is 0 Å². The number of hydrogen-bond donors (Lipinski definition) is 0. The van der Waals surface area contributed by atoms with Crippen molar-refractivity contribution in [1.29, 1.82) is 0 Å². The normalized spacial score (nSPS) is 11.0. The Morgan fingerprint density at radius 2 is 2.10 bits per heavy atom. The number of anilines is 1. The van der Waals surface area contributed by atoms with Crippen LogP contribution in [0.5, 0.6) is 0 Å². The standard InChI is InChI=1S/C14H13BrClN5/c1-9-12(16)19-14-17-8-18-21(14)13(9)20(2)7-10-5-3-4-6-11(10)15/h3-6,8H,7H2,1-2H3. The lowest BCUT2D eigenvalue weighted by Crippen LogP contribution is -2.21. The zero-order chi connectivity index (χ0) is 15.0. The van der Waals surface area contributed by atoms with Crippen molar-refractivity contribution in [1.82, 2.24) is 19.6 Å². The number of rotatable bonds is 3. The Balaban J connectivity index is 2.05. The molecular weight excluding hydrogens is 354 g/mol. The molecule has 0 spiro atoms. The molecule has 0 saturated carbocycles. The monoisotopic (exact) mass is 365 g/mol. The van der Waals surface area contributed by atoms with E-state index in [1.165, 1.54) is 11.9 Å². The van der Waals surface area contributed by atoms with Crippen LogP contribution in [0, 0.1) is 6.92 Å². The van der Waals surface area contributed by atoms with Gasteiger partial charge >= 0.3 is 0 Å². The third kappa shape index (κ3) is 2.61. The van der Waals surface area contributed by atoms with E-state index < -0.39 is 0 Å². The zero-order valence-electron chi connectivity index (χ0n) is 11.6. The van der Waals surface area contributed by atoms with Crippen LogP contribution >= 0.6 is 27.5 Å². The van der Waals surface area contributed by atoms with Gasteiger partial charge in [0.2, 0.25) is 0 Å². The first-order valence-electron chi connectivity index (χ1n) is 6.38. The van der Waals surface area contributed by atoms with E-state index in [4.69, 9.17) is 11.6 Å². The van der Waals surface area contributed by atoms with Crippen molar-refractivity contribution in [2.24, 2.45) is 0 Å². The highest BCUT2D eigenvalue weighted by Gasteiger charge is 2.16. The molecule has 1 aromatic carbocycles. The summed E-state index contributed by atoms with van der Waals surface area (Å²) in [5, 5.41) is 4.69. The molecular formula is C14H13BrClN5. The Hall–Kier alpha value is -1.66. The van der Waals surface area contributed by atoms with Gasteiger partial charge < -0.3 is 4.90 Å². The number of halogens is 2. The Morgan fingerprint density at radius 3 is 2.86 bits per heavy atom.